The second-order valence-electron chi connectivity index (χ2n) is 5.37. The number of aryl methyl sites for hydroxylation is 1. The van der Waals surface area contributed by atoms with Gasteiger partial charge in [-0.1, -0.05) is 30.3 Å². The van der Waals surface area contributed by atoms with E-state index in [9.17, 15) is 9.59 Å². The van der Waals surface area contributed by atoms with Crippen LogP contribution in [0.5, 0.6) is 0 Å². The second-order valence-corrected chi connectivity index (χ2v) is 5.37. The summed E-state index contributed by atoms with van der Waals surface area (Å²) < 4.78 is 1.63. The van der Waals surface area contributed by atoms with Gasteiger partial charge in [-0.15, -0.1) is 0 Å². The molecule has 23 heavy (non-hydrogen) atoms. The smallest absolute Gasteiger partial charge is 0.260 e. The van der Waals surface area contributed by atoms with Gasteiger partial charge in [-0.25, -0.2) is 0 Å². The molecule has 1 aromatic carbocycles. The molecule has 3 aromatic rings. The molecule has 2 heterocycles. The number of aromatic nitrogens is 2. The van der Waals surface area contributed by atoms with Crippen molar-refractivity contribution in [3.8, 4) is 0 Å². The molecule has 116 valence electrons. The van der Waals surface area contributed by atoms with Crippen molar-refractivity contribution >= 4 is 16.8 Å². The number of rotatable bonds is 3. The van der Waals surface area contributed by atoms with E-state index in [1.807, 2.05) is 30.3 Å². The van der Waals surface area contributed by atoms with E-state index in [2.05, 4.69) is 10.3 Å². The minimum Gasteiger partial charge on any atom is -0.355 e. The van der Waals surface area contributed by atoms with Gasteiger partial charge in [0, 0.05) is 13.2 Å². The maximum absolute atomic E-state index is 12.7. The lowest BCUT2D eigenvalue weighted by atomic mass is 10.1. The van der Waals surface area contributed by atoms with Crippen molar-refractivity contribution in [3.05, 3.63) is 75.8 Å². The summed E-state index contributed by atoms with van der Waals surface area (Å²) in [4.78, 5) is 29.0. The largest absolute Gasteiger partial charge is 0.355 e. The van der Waals surface area contributed by atoms with Crippen LogP contribution in [0.1, 0.15) is 21.6 Å². The molecule has 0 aliphatic rings. The lowest BCUT2D eigenvalue weighted by Crippen LogP contribution is -2.23. The van der Waals surface area contributed by atoms with Crippen LogP contribution < -0.4 is 10.9 Å². The van der Waals surface area contributed by atoms with Crippen molar-refractivity contribution in [2.45, 2.75) is 13.5 Å². The Kier molecular flexibility index (Phi) is 3.93. The zero-order valence-corrected chi connectivity index (χ0v) is 13.0. The molecule has 0 aliphatic carbocycles. The van der Waals surface area contributed by atoms with Gasteiger partial charge in [0.05, 0.1) is 28.7 Å². The molecule has 0 saturated heterocycles. The fourth-order valence-electron chi connectivity index (χ4n) is 2.57. The molecule has 5 heteroatoms. The number of hydrogen-bond donors (Lipinski definition) is 1. The molecular formula is C18H17N3O2. The summed E-state index contributed by atoms with van der Waals surface area (Å²) >= 11 is 0. The molecule has 0 atom stereocenters. The Bertz CT molecular complexity index is 930. The summed E-state index contributed by atoms with van der Waals surface area (Å²) in [5.41, 5.74) is 2.53. The van der Waals surface area contributed by atoms with Gasteiger partial charge in [0.25, 0.3) is 11.5 Å². The summed E-state index contributed by atoms with van der Waals surface area (Å²) in [5, 5.41) is 3.02. The average Bonchev–Trinajstić information content (AvgIpc) is 2.57. The van der Waals surface area contributed by atoms with E-state index in [0.29, 0.717) is 28.7 Å². The highest BCUT2D eigenvalue weighted by molar-refractivity contribution is 5.98. The highest BCUT2D eigenvalue weighted by Crippen LogP contribution is 2.14. The summed E-state index contributed by atoms with van der Waals surface area (Å²) in [7, 11) is 1.56. The molecule has 5 nitrogen and oxygen atoms in total. The second kappa shape index (κ2) is 6.04. The Hall–Kier alpha value is -2.95. The number of carbonyl (C=O) groups excluding carboxylic acids is 1. The lowest BCUT2D eigenvalue weighted by molar-refractivity contribution is 0.0962. The minimum atomic E-state index is -0.241. The first-order valence-electron chi connectivity index (χ1n) is 7.37. The molecule has 3 rings (SSSR count). The van der Waals surface area contributed by atoms with Gasteiger partial charge in [0.1, 0.15) is 0 Å². The lowest BCUT2D eigenvalue weighted by Gasteiger charge is -2.09. The third kappa shape index (κ3) is 2.85. The zero-order valence-electron chi connectivity index (χ0n) is 13.0. The molecule has 1 amide bonds. The van der Waals surface area contributed by atoms with Crippen LogP contribution in [-0.4, -0.2) is 22.5 Å². The Morgan fingerprint density at radius 3 is 2.65 bits per heavy atom. The standard InChI is InChI=1S/C18H17N3O2/c1-12-14(17(22)19-2)10-15-16(20-12)8-9-21(18(15)23)11-13-6-4-3-5-7-13/h3-10H,11H2,1-2H3,(H,19,22). The highest BCUT2D eigenvalue weighted by Gasteiger charge is 2.13. The number of nitrogens with one attached hydrogen (secondary N) is 1. The number of fused-ring (bicyclic) bond motifs is 1. The third-order valence-corrected chi connectivity index (χ3v) is 3.81. The molecule has 0 saturated carbocycles. The maximum Gasteiger partial charge on any atom is 0.260 e. The van der Waals surface area contributed by atoms with Crippen molar-refractivity contribution in [1.82, 2.24) is 14.9 Å². The number of amides is 1. The maximum atomic E-state index is 12.7. The van der Waals surface area contributed by atoms with Gasteiger partial charge in [0.15, 0.2) is 0 Å². The zero-order chi connectivity index (χ0) is 16.4. The fraction of sp³-hybridized carbons (Fsp3) is 0.167. The van der Waals surface area contributed by atoms with Crippen molar-refractivity contribution in [2.75, 3.05) is 7.05 Å². The van der Waals surface area contributed by atoms with Crippen LogP contribution in [0.15, 0.2) is 53.5 Å². The van der Waals surface area contributed by atoms with Crippen LogP contribution in [-0.2, 0) is 6.54 Å². The molecular weight excluding hydrogens is 290 g/mol. The number of carbonyl (C=O) groups is 1. The normalized spacial score (nSPS) is 10.7. The van der Waals surface area contributed by atoms with Gasteiger partial charge in [-0.2, -0.15) is 0 Å². The van der Waals surface area contributed by atoms with E-state index in [-0.39, 0.29) is 11.5 Å². The third-order valence-electron chi connectivity index (χ3n) is 3.81. The Morgan fingerprint density at radius 1 is 1.22 bits per heavy atom. The van der Waals surface area contributed by atoms with Crippen molar-refractivity contribution in [2.24, 2.45) is 0 Å². The van der Waals surface area contributed by atoms with E-state index in [4.69, 9.17) is 0 Å². The van der Waals surface area contributed by atoms with E-state index in [1.54, 1.807) is 36.9 Å². The van der Waals surface area contributed by atoms with Crippen LogP contribution in [0.4, 0.5) is 0 Å². The number of nitrogens with zero attached hydrogens (tertiary/aromatic N) is 2. The van der Waals surface area contributed by atoms with Gasteiger partial charge >= 0.3 is 0 Å². The molecule has 1 N–H and O–H groups in total. The first-order valence-corrected chi connectivity index (χ1v) is 7.37. The van der Waals surface area contributed by atoms with Gasteiger partial charge in [-0.05, 0) is 24.6 Å². The summed E-state index contributed by atoms with van der Waals surface area (Å²) in [6.07, 6.45) is 1.74. The van der Waals surface area contributed by atoms with Crippen LogP contribution in [0.3, 0.4) is 0 Å². The topological polar surface area (TPSA) is 64.0 Å². The molecule has 2 aromatic heterocycles. The first kappa shape index (κ1) is 15.0. The summed E-state index contributed by atoms with van der Waals surface area (Å²) in [6, 6.07) is 13.2. The molecule has 0 aliphatic heterocycles. The van der Waals surface area contributed by atoms with Gasteiger partial charge in [-0.3, -0.25) is 14.6 Å². The monoisotopic (exact) mass is 307 g/mol. The van der Waals surface area contributed by atoms with Crippen LogP contribution >= 0.6 is 0 Å². The van der Waals surface area contributed by atoms with E-state index in [1.165, 1.54) is 0 Å². The van der Waals surface area contributed by atoms with E-state index >= 15 is 0 Å². The Balaban J connectivity index is 2.12. The Morgan fingerprint density at radius 2 is 1.96 bits per heavy atom. The first-order chi connectivity index (χ1) is 11.1. The molecule has 0 fully saturated rings. The predicted molar refractivity (Wildman–Crippen MR) is 89.7 cm³/mol. The molecule has 0 bridgehead atoms. The Labute approximate surface area is 133 Å². The highest BCUT2D eigenvalue weighted by atomic mass is 16.1. The van der Waals surface area contributed by atoms with Crippen molar-refractivity contribution < 1.29 is 4.79 Å². The molecule has 0 radical (unpaired) electrons. The van der Waals surface area contributed by atoms with Crippen LogP contribution in [0.25, 0.3) is 10.9 Å². The molecule has 0 unspecified atom stereocenters. The van der Waals surface area contributed by atoms with Crippen LogP contribution in [0.2, 0.25) is 0 Å². The van der Waals surface area contributed by atoms with Crippen molar-refractivity contribution in [3.63, 3.8) is 0 Å². The summed E-state index contributed by atoms with van der Waals surface area (Å²) in [6.45, 7) is 2.25. The number of benzene rings is 1. The SMILES string of the molecule is CNC(=O)c1cc2c(=O)n(Cc3ccccc3)ccc2nc1C. The fourth-order valence-corrected chi connectivity index (χ4v) is 2.57. The van der Waals surface area contributed by atoms with E-state index in [0.717, 1.165) is 5.56 Å². The van der Waals surface area contributed by atoms with Crippen molar-refractivity contribution in [1.29, 1.82) is 0 Å². The predicted octanol–water partition coefficient (Wildman–Crippen LogP) is 2.11. The number of hydrogen-bond acceptors (Lipinski definition) is 3. The number of pyridine rings is 2. The average molecular weight is 307 g/mol. The van der Waals surface area contributed by atoms with E-state index < -0.39 is 0 Å². The van der Waals surface area contributed by atoms with Gasteiger partial charge in [0.2, 0.25) is 0 Å². The molecule has 0 spiro atoms. The minimum absolute atomic E-state index is 0.149. The van der Waals surface area contributed by atoms with Gasteiger partial charge < -0.3 is 9.88 Å². The quantitative estimate of drug-likeness (QED) is 0.806. The van der Waals surface area contributed by atoms with Crippen LogP contribution in [0, 0.1) is 6.92 Å². The summed E-state index contributed by atoms with van der Waals surface area (Å²) in [5.74, 6) is -0.241.